The molecule has 0 saturated heterocycles. The summed E-state index contributed by atoms with van der Waals surface area (Å²) in [5.41, 5.74) is 1.84. The highest BCUT2D eigenvalue weighted by Gasteiger charge is 2.42. The molecule has 1 fully saturated rings. The number of esters is 1. The van der Waals surface area contributed by atoms with Gasteiger partial charge in [0.1, 0.15) is 24.2 Å². The predicted molar refractivity (Wildman–Crippen MR) is 144 cm³/mol. The van der Waals surface area contributed by atoms with Crippen molar-refractivity contribution in [1.82, 2.24) is 15.5 Å². The Kier molecular flexibility index (Phi) is 11.3. The van der Waals surface area contributed by atoms with Crippen molar-refractivity contribution >= 4 is 35.6 Å². The van der Waals surface area contributed by atoms with E-state index < -0.39 is 35.7 Å². The number of carbonyl (C=O) groups excluding carboxylic acids is 4. The highest BCUT2D eigenvalue weighted by atomic mass is 32.2. The van der Waals surface area contributed by atoms with Gasteiger partial charge in [0.2, 0.25) is 11.8 Å². The summed E-state index contributed by atoms with van der Waals surface area (Å²) < 4.78 is 10.1. The first-order chi connectivity index (χ1) is 17.4. The fourth-order valence-electron chi connectivity index (χ4n) is 4.18. The SMILES string of the molecule is COC(=O)CNC(=O)C(c1ccc(C)cc1C)N(C(=O)C(CCSC)NC(=O)OC(C)(C)C)C1CCC1. The molecule has 0 bridgehead atoms. The molecule has 0 aliphatic heterocycles. The summed E-state index contributed by atoms with van der Waals surface area (Å²) in [6.07, 6.45) is 4.06. The summed E-state index contributed by atoms with van der Waals surface area (Å²) in [6.45, 7) is 8.82. The molecule has 0 aromatic heterocycles. The summed E-state index contributed by atoms with van der Waals surface area (Å²) in [4.78, 5) is 53.8. The summed E-state index contributed by atoms with van der Waals surface area (Å²) in [5, 5.41) is 5.39. The van der Waals surface area contributed by atoms with Crippen LogP contribution in [0.1, 0.15) is 69.2 Å². The zero-order valence-corrected chi connectivity index (χ0v) is 23.8. The number of nitrogens with zero attached hydrogens (tertiary/aromatic N) is 1. The minimum Gasteiger partial charge on any atom is -0.468 e. The van der Waals surface area contributed by atoms with Gasteiger partial charge >= 0.3 is 12.1 Å². The standard InChI is InChI=1S/C27H41N3O6S/c1-17-11-12-20(18(2)15-17)23(24(32)28-16-22(31)35-6)30(19-9-8-10-19)25(33)21(13-14-37-7)29-26(34)36-27(3,4)5/h11-12,15,19,21,23H,8-10,13-14,16H2,1-7H3,(H,28,32)(H,29,34). The van der Waals surface area contributed by atoms with Crippen LogP contribution in [0.4, 0.5) is 4.79 Å². The Morgan fingerprint density at radius 3 is 2.35 bits per heavy atom. The van der Waals surface area contributed by atoms with E-state index in [9.17, 15) is 19.2 Å². The molecule has 3 amide bonds. The number of amides is 3. The van der Waals surface area contributed by atoms with E-state index in [4.69, 9.17) is 4.74 Å². The van der Waals surface area contributed by atoms with Crippen LogP contribution in [0.15, 0.2) is 18.2 Å². The van der Waals surface area contributed by atoms with Gasteiger partial charge in [-0.2, -0.15) is 11.8 Å². The van der Waals surface area contributed by atoms with Crippen molar-refractivity contribution in [3.8, 4) is 0 Å². The molecular weight excluding hydrogens is 494 g/mol. The van der Waals surface area contributed by atoms with Gasteiger partial charge in [0, 0.05) is 6.04 Å². The van der Waals surface area contributed by atoms with Crippen molar-refractivity contribution in [2.45, 2.75) is 84.0 Å². The molecule has 2 unspecified atom stereocenters. The van der Waals surface area contributed by atoms with E-state index in [-0.39, 0.29) is 18.5 Å². The van der Waals surface area contributed by atoms with Gasteiger partial charge in [0.05, 0.1) is 7.11 Å². The topological polar surface area (TPSA) is 114 Å². The van der Waals surface area contributed by atoms with Gasteiger partial charge in [-0.3, -0.25) is 14.4 Å². The summed E-state index contributed by atoms with van der Waals surface area (Å²) in [7, 11) is 1.25. The number of aryl methyl sites for hydroxylation is 2. The molecule has 1 aromatic rings. The van der Waals surface area contributed by atoms with E-state index in [1.807, 2.05) is 38.3 Å². The Morgan fingerprint density at radius 1 is 1.16 bits per heavy atom. The zero-order valence-electron chi connectivity index (χ0n) is 23.0. The van der Waals surface area contributed by atoms with Crippen LogP contribution in [0, 0.1) is 13.8 Å². The first-order valence-corrected chi connectivity index (χ1v) is 14.0. The largest absolute Gasteiger partial charge is 0.468 e. The molecule has 0 spiro atoms. The van der Waals surface area contributed by atoms with Crippen LogP contribution >= 0.6 is 11.8 Å². The number of alkyl carbamates (subject to hydrolysis) is 1. The van der Waals surface area contributed by atoms with Crippen molar-refractivity contribution < 1.29 is 28.7 Å². The van der Waals surface area contributed by atoms with Crippen LogP contribution in [0.2, 0.25) is 0 Å². The second kappa shape index (κ2) is 13.7. The van der Waals surface area contributed by atoms with Crippen LogP contribution in [-0.4, -0.2) is 72.1 Å². The number of hydrogen-bond acceptors (Lipinski definition) is 7. The van der Waals surface area contributed by atoms with Gasteiger partial charge in [-0.05, 0) is 83.4 Å². The molecular formula is C27H41N3O6S. The van der Waals surface area contributed by atoms with E-state index in [1.54, 1.807) is 37.4 Å². The van der Waals surface area contributed by atoms with E-state index in [0.717, 1.165) is 30.4 Å². The monoisotopic (exact) mass is 535 g/mol. The maximum Gasteiger partial charge on any atom is 0.408 e. The summed E-state index contributed by atoms with van der Waals surface area (Å²) >= 11 is 1.56. The maximum absolute atomic E-state index is 14.2. The Bertz CT molecular complexity index is 973. The van der Waals surface area contributed by atoms with Crippen molar-refractivity contribution in [3.63, 3.8) is 0 Å². The lowest BCUT2D eigenvalue weighted by atomic mass is 9.87. The van der Waals surface area contributed by atoms with Gasteiger partial charge in [-0.15, -0.1) is 0 Å². The molecule has 1 saturated carbocycles. The van der Waals surface area contributed by atoms with Crippen LogP contribution in [0.3, 0.4) is 0 Å². The first kappa shape index (κ1) is 30.5. The van der Waals surface area contributed by atoms with E-state index in [0.29, 0.717) is 17.7 Å². The number of carbonyl (C=O) groups is 4. The number of ether oxygens (including phenoxy) is 2. The molecule has 2 N–H and O–H groups in total. The Labute approximate surface area is 224 Å². The number of hydrogen-bond donors (Lipinski definition) is 2. The van der Waals surface area contributed by atoms with Crippen LogP contribution in [0.5, 0.6) is 0 Å². The van der Waals surface area contributed by atoms with Crippen LogP contribution < -0.4 is 10.6 Å². The number of rotatable bonds is 11. The Hall–Kier alpha value is -2.75. The Morgan fingerprint density at radius 2 is 1.84 bits per heavy atom. The Balaban J connectivity index is 2.50. The maximum atomic E-state index is 14.2. The van der Waals surface area contributed by atoms with Crippen LogP contribution in [0.25, 0.3) is 0 Å². The number of nitrogens with one attached hydrogen (secondary N) is 2. The third-order valence-corrected chi connectivity index (χ3v) is 6.85. The molecule has 1 aliphatic carbocycles. The van der Waals surface area contributed by atoms with Crippen LogP contribution in [-0.2, 0) is 23.9 Å². The van der Waals surface area contributed by atoms with Gasteiger partial charge < -0.3 is 25.0 Å². The molecule has 2 atom stereocenters. The summed E-state index contributed by atoms with van der Waals surface area (Å²) in [5.74, 6) is -0.770. The third-order valence-electron chi connectivity index (χ3n) is 6.20. The van der Waals surface area contributed by atoms with E-state index in [2.05, 4.69) is 15.4 Å². The lowest BCUT2D eigenvalue weighted by molar-refractivity contribution is -0.148. The number of thioether (sulfide) groups is 1. The molecule has 0 radical (unpaired) electrons. The molecule has 206 valence electrons. The second-order valence-corrected chi connectivity index (χ2v) is 11.4. The van der Waals surface area contributed by atoms with E-state index >= 15 is 0 Å². The second-order valence-electron chi connectivity index (χ2n) is 10.4. The number of methoxy groups -OCH3 is 1. The molecule has 10 heteroatoms. The normalized spacial score (nSPS) is 15.1. The fraction of sp³-hybridized carbons (Fsp3) is 0.630. The van der Waals surface area contributed by atoms with Crippen molar-refractivity contribution in [2.24, 2.45) is 0 Å². The lowest BCUT2D eigenvalue weighted by Gasteiger charge is -2.44. The molecule has 9 nitrogen and oxygen atoms in total. The van der Waals surface area contributed by atoms with Gasteiger partial charge in [-0.25, -0.2) is 4.79 Å². The highest BCUT2D eigenvalue weighted by molar-refractivity contribution is 7.98. The zero-order chi connectivity index (χ0) is 27.8. The average molecular weight is 536 g/mol. The summed E-state index contributed by atoms with van der Waals surface area (Å²) in [6, 6.07) is 3.70. The van der Waals surface area contributed by atoms with E-state index in [1.165, 1.54) is 7.11 Å². The van der Waals surface area contributed by atoms with Gasteiger partial charge in [0.15, 0.2) is 0 Å². The average Bonchev–Trinajstić information content (AvgIpc) is 2.77. The minimum absolute atomic E-state index is 0.167. The minimum atomic E-state index is -0.972. The quantitative estimate of drug-likeness (QED) is 0.416. The van der Waals surface area contributed by atoms with Crippen molar-refractivity contribution in [2.75, 3.05) is 25.7 Å². The number of benzene rings is 1. The lowest BCUT2D eigenvalue weighted by Crippen LogP contribution is -2.58. The molecule has 1 aliphatic rings. The smallest absolute Gasteiger partial charge is 0.408 e. The molecule has 0 heterocycles. The fourth-order valence-corrected chi connectivity index (χ4v) is 4.66. The van der Waals surface area contributed by atoms with Crippen molar-refractivity contribution in [1.29, 1.82) is 0 Å². The van der Waals surface area contributed by atoms with Gasteiger partial charge in [-0.1, -0.05) is 23.8 Å². The third kappa shape index (κ3) is 8.94. The molecule has 37 heavy (non-hydrogen) atoms. The van der Waals surface area contributed by atoms with Crippen molar-refractivity contribution in [3.05, 3.63) is 34.9 Å². The molecule has 1 aromatic carbocycles. The van der Waals surface area contributed by atoms with Gasteiger partial charge in [0.25, 0.3) is 0 Å². The highest BCUT2D eigenvalue weighted by Crippen LogP contribution is 2.35. The first-order valence-electron chi connectivity index (χ1n) is 12.6. The predicted octanol–water partition coefficient (Wildman–Crippen LogP) is 3.66. The molecule has 2 rings (SSSR count).